The number of aryl methyl sites for hydroxylation is 1. The predicted molar refractivity (Wildman–Crippen MR) is 92.7 cm³/mol. The van der Waals surface area contributed by atoms with Crippen molar-refractivity contribution in [1.29, 1.82) is 0 Å². The number of hydrogen-bond donors (Lipinski definition) is 2. The third kappa shape index (κ3) is 5.94. The minimum absolute atomic E-state index is 0.0336. The van der Waals surface area contributed by atoms with Crippen molar-refractivity contribution in [2.75, 3.05) is 18.4 Å². The summed E-state index contributed by atoms with van der Waals surface area (Å²) in [5, 5.41) is 5.94. The molecule has 2 N–H and O–H groups in total. The lowest BCUT2D eigenvalue weighted by Gasteiger charge is -2.08. The van der Waals surface area contributed by atoms with Gasteiger partial charge in [0.15, 0.2) is 5.78 Å². The fourth-order valence-electron chi connectivity index (χ4n) is 2.23. The molecule has 4 nitrogen and oxygen atoms in total. The maximum atomic E-state index is 11.8. The van der Waals surface area contributed by atoms with E-state index in [2.05, 4.69) is 22.8 Å². The van der Waals surface area contributed by atoms with Crippen molar-refractivity contribution in [3.05, 3.63) is 65.7 Å². The molecular formula is C19H22N2O2. The maximum absolute atomic E-state index is 11.8. The predicted octanol–water partition coefficient (Wildman–Crippen LogP) is 3.05. The van der Waals surface area contributed by atoms with E-state index < -0.39 is 0 Å². The molecule has 0 fully saturated rings. The van der Waals surface area contributed by atoms with E-state index in [4.69, 9.17) is 0 Å². The summed E-state index contributed by atoms with van der Waals surface area (Å²) in [6, 6.07) is 17.3. The van der Waals surface area contributed by atoms with Crippen LogP contribution in [0.3, 0.4) is 0 Å². The number of carbonyl (C=O) groups excluding carboxylic acids is 2. The van der Waals surface area contributed by atoms with Crippen molar-refractivity contribution in [2.45, 2.75) is 19.8 Å². The van der Waals surface area contributed by atoms with E-state index >= 15 is 0 Å². The van der Waals surface area contributed by atoms with Crippen LogP contribution in [0, 0.1) is 0 Å². The fraction of sp³-hybridized carbons (Fsp3) is 0.263. The van der Waals surface area contributed by atoms with Gasteiger partial charge in [-0.15, -0.1) is 0 Å². The van der Waals surface area contributed by atoms with Gasteiger partial charge >= 0.3 is 0 Å². The van der Waals surface area contributed by atoms with Gasteiger partial charge in [-0.1, -0.05) is 30.3 Å². The van der Waals surface area contributed by atoms with Crippen molar-refractivity contribution in [3.63, 3.8) is 0 Å². The second-order valence-electron chi connectivity index (χ2n) is 5.43. The zero-order valence-electron chi connectivity index (χ0n) is 13.3. The lowest BCUT2D eigenvalue weighted by molar-refractivity contribution is -0.119. The monoisotopic (exact) mass is 310 g/mol. The molecule has 0 aliphatic rings. The van der Waals surface area contributed by atoms with Gasteiger partial charge in [0.2, 0.25) is 5.91 Å². The van der Waals surface area contributed by atoms with E-state index in [1.54, 1.807) is 24.3 Å². The third-order valence-electron chi connectivity index (χ3n) is 3.55. The molecule has 0 aliphatic heterocycles. The summed E-state index contributed by atoms with van der Waals surface area (Å²) in [7, 11) is 0. The molecule has 0 atom stereocenters. The third-order valence-corrected chi connectivity index (χ3v) is 3.55. The van der Waals surface area contributed by atoms with E-state index in [9.17, 15) is 9.59 Å². The summed E-state index contributed by atoms with van der Waals surface area (Å²) < 4.78 is 0. The molecule has 0 aromatic heterocycles. The highest BCUT2D eigenvalue weighted by molar-refractivity contribution is 5.94. The Hall–Kier alpha value is -2.62. The zero-order chi connectivity index (χ0) is 16.5. The molecule has 120 valence electrons. The van der Waals surface area contributed by atoms with Crippen LogP contribution in [0.2, 0.25) is 0 Å². The van der Waals surface area contributed by atoms with Gasteiger partial charge in [-0.2, -0.15) is 0 Å². The second-order valence-corrected chi connectivity index (χ2v) is 5.43. The van der Waals surface area contributed by atoms with Gasteiger partial charge in [0.1, 0.15) is 0 Å². The summed E-state index contributed by atoms with van der Waals surface area (Å²) in [6.45, 7) is 2.43. The molecule has 1 amide bonds. The standard InChI is InChI=1S/C19H22N2O2/c1-15(22)17-9-11-18(12-10-17)21-14-19(23)20-13-5-8-16-6-3-2-4-7-16/h2-4,6-7,9-12,21H,5,8,13-14H2,1H3,(H,20,23). The lowest BCUT2D eigenvalue weighted by atomic mass is 10.1. The summed E-state index contributed by atoms with van der Waals surface area (Å²) >= 11 is 0. The van der Waals surface area contributed by atoms with E-state index in [-0.39, 0.29) is 18.2 Å². The van der Waals surface area contributed by atoms with Gasteiger partial charge in [0.05, 0.1) is 6.54 Å². The van der Waals surface area contributed by atoms with E-state index in [1.165, 1.54) is 12.5 Å². The van der Waals surface area contributed by atoms with Crippen LogP contribution in [0.15, 0.2) is 54.6 Å². The Labute approximate surface area is 136 Å². The SMILES string of the molecule is CC(=O)c1ccc(NCC(=O)NCCCc2ccccc2)cc1. The Morgan fingerprint density at radius 2 is 1.65 bits per heavy atom. The van der Waals surface area contributed by atoms with E-state index in [0.29, 0.717) is 12.1 Å². The first-order valence-electron chi connectivity index (χ1n) is 7.80. The van der Waals surface area contributed by atoms with Gasteiger partial charge in [0, 0.05) is 17.8 Å². The average molecular weight is 310 g/mol. The van der Waals surface area contributed by atoms with Crippen LogP contribution in [0.1, 0.15) is 29.3 Å². The molecule has 0 aliphatic carbocycles. The molecule has 0 saturated heterocycles. The molecule has 0 spiro atoms. The fourth-order valence-corrected chi connectivity index (χ4v) is 2.23. The highest BCUT2D eigenvalue weighted by Gasteiger charge is 2.02. The highest BCUT2D eigenvalue weighted by Crippen LogP contribution is 2.09. The van der Waals surface area contributed by atoms with Gasteiger partial charge in [-0.3, -0.25) is 9.59 Å². The summed E-state index contributed by atoms with van der Waals surface area (Å²) in [4.78, 5) is 23.0. The van der Waals surface area contributed by atoms with Crippen molar-refractivity contribution in [3.8, 4) is 0 Å². The molecule has 0 radical (unpaired) electrons. The number of Topliss-reactive ketones (excluding diaryl/α,β-unsaturated/α-hetero) is 1. The van der Waals surface area contributed by atoms with Crippen LogP contribution in [-0.4, -0.2) is 24.8 Å². The Kier molecular flexibility index (Phi) is 6.36. The number of benzene rings is 2. The van der Waals surface area contributed by atoms with Crippen LogP contribution < -0.4 is 10.6 Å². The lowest BCUT2D eigenvalue weighted by Crippen LogP contribution is -2.30. The summed E-state index contributed by atoms with van der Waals surface area (Å²) in [5.74, 6) is 0.00131. The van der Waals surface area contributed by atoms with Crippen LogP contribution in [0.4, 0.5) is 5.69 Å². The van der Waals surface area contributed by atoms with Crippen molar-refractivity contribution in [1.82, 2.24) is 5.32 Å². The summed E-state index contributed by atoms with van der Waals surface area (Å²) in [6.07, 6.45) is 1.88. The van der Waals surface area contributed by atoms with Gasteiger partial charge < -0.3 is 10.6 Å². The summed E-state index contributed by atoms with van der Waals surface area (Å²) in [5.41, 5.74) is 2.78. The topological polar surface area (TPSA) is 58.2 Å². The minimum atomic E-state index is -0.0336. The molecule has 23 heavy (non-hydrogen) atoms. The quantitative estimate of drug-likeness (QED) is 0.582. The average Bonchev–Trinajstić information content (AvgIpc) is 2.58. The van der Waals surface area contributed by atoms with Crippen LogP contribution in [0.25, 0.3) is 0 Å². The van der Waals surface area contributed by atoms with Gasteiger partial charge in [0.25, 0.3) is 0 Å². The number of rotatable bonds is 8. The first-order chi connectivity index (χ1) is 11.1. The molecule has 0 unspecified atom stereocenters. The molecule has 0 bridgehead atoms. The molecule has 0 saturated carbocycles. The largest absolute Gasteiger partial charge is 0.376 e. The second kappa shape index (κ2) is 8.73. The van der Waals surface area contributed by atoms with E-state index in [1.807, 2.05) is 18.2 Å². The van der Waals surface area contributed by atoms with Gasteiger partial charge in [-0.25, -0.2) is 0 Å². The normalized spacial score (nSPS) is 10.1. The smallest absolute Gasteiger partial charge is 0.239 e. The molecule has 2 aromatic rings. The number of hydrogen-bond acceptors (Lipinski definition) is 3. The van der Waals surface area contributed by atoms with Gasteiger partial charge in [-0.05, 0) is 49.6 Å². The first kappa shape index (κ1) is 16.7. The minimum Gasteiger partial charge on any atom is -0.376 e. The van der Waals surface area contributed by atoms with Crippen molar-refractivity contribution >= 4 is 17.4 Å². The molecule has 2 rings (SSSR count). The number of carbonyl (C=O) groups is 2. The molecule has 0 heterocycles. The van der Waals surface area contributed by atoms with Crippen LogP contribution in [0.5, 0.6) is 0 Å². The maximum Gasteiger partial charge on any atom is 0.239 e. The molecular weight excluding hydrogens is 288 g/mol. The molecule has 2 aromatic carbocycles. The number of amides is 1. The Morgan fingerprint density at radius 1 is 0.957 bits per heavy atom. The zero-order valence-corrected chi connectivity index (χ0v) is 13.3. The Morgan fingerprint density at radius 3 is 2.30 bits per heavy atom. The van der Waals surface area contributed by atoms with E-state index in [0.717, 1.165) is 18.5 Å². The highest BCUT2D eigenvalue weighted by atomic mass is 16.1. The first-order valence-corrected chi connectivity index (χ1v) is 7.80. The van der Waals surface area contributed by atoms with Crippen molar-refractivity contribution in [2.24, 2.45) is 0 Å². The molecule has 4 heteroatoms. The Bertz CT molecular complexity index is 636. The number of anilines is 1. The number of nitrogens with one attached hydrogen (secondary N) is 2. The van der Waals surface area contributed by atoms with Crippen LogP contribution >= 0.6 is 0 Å². The number of ketones is 1. The van der Waals surface area contributed by atoms with Crippen molar-refractivity contribution < 1.29 is 9.59 Å². The van der Waals surface area contributed by atoms with Crippen LogP contribution in [-0.2, 0) is 11.2 Å². The Balaban J connectivity index is 1.64.